The fraction of sp³-hybridized carbons (Fsp3) is 0.765. The summed E-state index contributed by atoms with van der Waals surface area (Å²) in [6.45, 7) is 5.30. The van der Waals surface area contributed by atoms with Gasteiger partial charge in [0.15, 0.2) is 0 Å². The number of hydrogen-bond acceptors (Lipinski definition) is 2. The van der Waals surface area contributed by atoms with Crippen molar-refractivity contribution in [3.05, 3.63) is 11.6 Å². The van der Waals surface area contributed by atoms with Crippen molar-refractivity contribution in [2.45, 2.75) is 58.8 Å². The van der Waals surface area contributed by atoms with Gasteiger partial charge in [0.2, 0.25) is 11.8 Å². The van der Waals surface area contributed by atoms with Crippen molar-refractivity contribution in [1.29, 1.82) is 0 Å². The molecule has 0 saturated heterocycles. The summed E-state index contributed by atoms with van der Waals surface area (Å²) >= 11 is 0. The molecule has 0 atom stereocenters. The molecule has 21 heavy (non-hydrogen) atoms. The molecule has 4 heteroatoms. The van der Waals surface area contributed by atoms with Gasteiger partial charge < -0.3 is 9.80 Å². The molecule has 1 rings (SSSR count). The summed E-state index contributed by atoms with van der Waals surface area (Å²) < 4.78 is 0. The van der Waals surface area contributed by atoms with Gasteiger partial charge in [0.05, 0.1) is 6.54 Å². The van der Waals surface area contributed by atoms with Crippen molar-refractivity contribution in [3.63, 3.8) is 0 Å². The van der Waals surface area contributed by atoms with E-state index < -0.39 is 0 Å². The lowest BCUT2D eigenvalue weighted by molar-refractivity contribution is -0.138. The minimum absolute atomic E-state index is 0.0105. The lowest BCUT2D eigenvalue weighted by Crippen LogP contribution is -2.41. The Morgan fingerprint density at radius 2 is 2.00 bits per heavy atom. The Morgan fingerprint density at radius 3 is 2.57 bits per heavy atom. The molecule has 0 aromatic rings. The lowest BCUT2D eigenvalue weighted by Gasteiger charge is -2.25. The van der Waals surface area contributed by atoms with Crippen LogP contribution in [0, 0.1) is 0 Å². The number of hydrogen-bond donors (Lipinski definition) is 0. The Hall–Kier alpha value is -1.32. The second-order valence-electron chi connectivity index (χ2n) is 5.97. The SMILES string of the molecule is CCCCN(C)C(=O)CN(CCC1=CCCCC1)C(C)=O. The Bertz CT molecular complexity index is 377. The number of carbonyl (C=O) groups excluding carboxylic acids is 2. The van der Waals surface area contributed by atoms with Gasteiger partial charge in [-0.3, -0.25) is 9.59 Å². The average molecular weight is 294 g/mol. The van der Waals surface area contributed by atoms with Crippen LogP contribution in [0.25, 0.3) is 0 Å². The molecule has 2 amide bonds. The second kappa shape index (κ2) is 9.59. The van der Waals surface area contributed by atoms with E-state index in [1.54, 1.807) is 16.7 Å². The number of likely N-dealkylation sites (N-methyl/N-ethyl adjacent to an activating group) is 1. The van der Waals surface area contributed by atoms with Gasteiger partial charge in [0, 0.05) is 27.1 Å². The molecule has 0 heterocycles. The van der Waals surface area contributed by atoms with Crippen LogP contribution in [0.5, 0.6) is 0 Å². The maximum absolute atomic E-state index is 12.1. The minimum Gasteiger partial charge on any atom is -0.344 e. The number of rotatable bonds is 8. The highest BCUT2D eigenvalue weighted by Crippen LogP contribution is 2.20. The third-order valence-corrected chi connectivity index (χ3v) is 4.13. The van der Waals surface area contributed by atoms with Crippen molar-refractivity contribution < 1.29 is 9.59 Å². The van der Waals surface area contributed by atoms with E-state index in [2.05, 4.69) is 13.0 Å². The first-order valence-electron chi connectivity index (χ1n) is 8.22. The molecular weight excluding hydrogens is 264 g/mol. The molecule has 0 radical (unpaired) electrons. The molecule has 1 aliphatic carbocycles. The van der Waals surface area contributed by atoms with Gasteiger partial charge in [-0.05, 0) is 38.5 Å². The smallest absolute Gasteiger partial charge is 0.241 e. The first-order chi connectivity index (χ1) is 10.0. The highest BCUT2D eigenvalue weighted by molar-refractivity contribution is 5.83. The minimum atomic E-state index is -0.0105. The molecule has 120 valence electrons. The molecule has 0 unspecified atom stereocenters. The zero-order valence-corrected chi connectivity index (χ0v) is 13.9. The molecule has 0 aromatic carbocycles. The lowest BCUT2D eigenvalue weighted by atomic mass is 9.97. The van der Waals surface area contributed by atoms with Crippen LogP contribution in [0.1, 0.15) is 58.8 Å². The van der Waals surface area contributed by atoms with E-state index >= 15 is 0 Å². The van der Waals surface area contributed by atoms with Crippen LogP contribution >= 0.6 is 0 Å². The second-order valence-corrected chi connectivity index (χ2v) is 5.97. The predicted octanol–water partition coefficient (Wildman–Crippen LogP) is 2.98. The zero-order valence-electron chi connectivity index (χ0n) is 13.9. The van der Waals surface area contributed by atoms with Gasteiger partial charge in [-0.25, -0.2) is 0 Å². The van der Waals surface area contributed by atoms with E-state index in [4.69, 9.17) is 0 Å². The normalized spacial score (nSPS) is 14.5. The first-order valence-corrected chi connectivity index (χ1v) is 8.22. The highest BCUT2D eigenvalue weighted by Gasteiger charge is 2.17. The maximum Gasteiger partial charge on any atom is 0.241 e. The van der Waals surface area contributed by atoms with E-state index in [1.165, 1.54) is 18.4 Å². The van der Waals surface area contributed by atoms with E-state index in [-0.39, 0.29) is 18.4 Å². The average Bonchev–Trinajstić information content (AvgIpc) is 2.49. The van der Waals surface area contributed by atoms with Crippen LogP contribution in [-0.2, 0) is 9.59 Å². The quantitative estimate of drug-likeness (QED) is 0.646. The molecule has 0 saturated carbocycles. The van der Waals surface area contributed by atoms with Crippen LogP contribution in [0.15, 0.2) is 11.6 Å². The van der Waals surface area contributed by atoms with E-state index in [9.17, 15) is 9.59 Å². The molecule has 0 aliphatic heterocycles. The van der Waals surface area contributed by atoms with Crippen LogP contribution < -0.4 is 0 Å². The van der Waals surface area contributed by atoms with Crippen LogP contribution in [0.4, 0.5) is 0 Å². The Balaban J connectivity index is 2.43. The van der Waals surface area contributed by atoms with Gasteiger partial charge in [-0.15, -0.1) is 0 Å². The molecular formula is C17H30N2O2. The van der Waals surface area contributed by atoms with Crippen molar-refractivity contribution in [3.8, 4) is 0 Å². The summed E-state index contributed by atoms with van der Waals surface area (Å²) in [5.41, 5.74) is 1.44. The van der Waals surface area contributed by atoms with Crippen molar-refractivity contribution in [1.82, 2.24) is 9.80 Å². The fourth-order valence-electron chi connectivity index (χ4n) is 2.56. The topological polar surface area (TPSA) is 40.6 Å². The Morgan fingerprint density at radius 1 is 1.24 bits per heavy atom. The summed E-state index contributed by atoms with van der Waals surface area (Å²) in [5, 5.41) is 0. The number of unbranched alkanes of at least 4 members (excludes halogenated alkanes) is 1. The summed E-state index contributed by atoms with van der Waals surface area (Å²) in [6, 6.07) is 0. The van der Waals surface area contributed by atoms with Crippen molar-refractivity contribution in [2.75, 3.05) is 26.7 Å². The number of allylic oxidation sites excluding steroid dienone is 1. The van der Waals surface area contributed by atoms with E-state index in [0.29, 0.717) is 6.54 Å². The number of nitrogens with zero attached hydrogens (tertiary/aromatic N) is 2. The fourth-order valence-corrected chi connectivity index (χ4v) is 2.56. The monoisotopic (exact) mass is 294 g/mol. The Kier molecular flexibility index (Phi) is 8.09. The van der Waals surface area contributed by atoms with Gasteiger partial charge in [-0.1, -0.05) is 25.0 Å². The first kappa shape index (κ1) is 17.7. The maximum atomic E-state index is 12.1. The van der Waals surface area contributed by atoms with Crippen molar-refractivity contribution in [2.24, 2.45) is 0 Å². The van der Waals surface area contributed by atoms with Gasteiger partial charge in [-0.2, -0.15) is 0 Å². The largest absolute Gasteiger partial charge is 0.344 e. The molecule has 0 fully saturated rings. The third-order valence-electron chi connectivity index (χ3n) is 4.13. The predicted molar refractivity (Wildman–Crippen MR) is 86.0 cm³/mol. The van der Waals surface area contributed by atoms with E-state index in [1.807, 2.05) is 7.05 Å². The van der Waals surface area contributed by atoms with Gasteiger partial charge >= 0.3 is 0 Å². The number of carbonyl (C=O) groups is 2. The molecule has 4 nitrogen and oxygen atoms in total. The molecule has 1 aliphatic rings. The molecule has 0 bridgehead atoms. The molecule has 0 N–H and O–H groups in total. The summed E-state index contributed by atoms with van der Waals surface area (Å²) in [4.78, 5) is 27.3. The van der Waals surface area contributed by atoms with Gasteiger partial charge in [0.25, 0.3) is 0 Å². The van der Waals surface area contributed by atoms with Crippen molar-refractivity contribution >= 4 is 11.8 Å². The van der Waals surface area contributed by atoms with E-state index in [0.717, 1.165) is 38.6 Å². The third kappa shape index (κ3) is 6.78. The zero-order chi connectivity index (χ0) is 15.7. The van der Waals surface area contributed by atoms with Crippen LogP contribution in [0.2, 0.25) is 0 Å². The summed E-state index contributed by atoms with van der Waals surface area (Å²) in [6.07, 6.45) is 10.1. The molecule has 0 aromatic heterocycles. The van der Waals surface area contributed by atoms with Crippen LogP contribution in [-0.4, -0.2) is 48.3 Å². The standard InChI is InChI=1S/C17H30N2O2/c1-4-5-12-18(3)17(21)14-19(15(2)20)13-11-16-9-7-6-8-10-16/h9H,4-8,10-14H2,1-3H3. The number of amides is 2. The Labute approximate surface area is 129 Å². The summed E-state index contributed by atoms with van der Waals surface area (Å²) in [7, 11) is 1.82. The van der Waals surface area contributed by atoms with Crippen LogP contribution in [0.3, 0.4) is 0 Å². The van der Waals surface area contributed by atoms with Gasteiger partial charge in [0.1, 0.15) is 0 Å². The summed E-state index contributed by atoms with van der Waals surface area (Å²) in [5.74, 6) is 0.0277. The molecule has 0 spiro atoms. The highest BCUT2D eigenvalue weighted by atomic mass is 16.2.